The molecule has 0 unspecified atom stereocenters. The number of para-hydroxylation sites is 1. The lowest BCUT2D eigenvalue weighted by Gasteiger charge is -2.20. The molecule has 0 aliphatic carbocycles. The van der Waals surface area contributed by atoms with Crippen molar-refractivity contribution in [1.29, 1.82) is 0 Å². The first-order valence-electron chi connectivity index (χ1n) is 11.4. The molecular formula is C27H26FN5O3. The molecule has 184 valence electrons. The van der Waals surface area contributed by atoms with Gasteiger partial charge in [0, 0.05) is 25.0 Å². The van der Waals surface area contributed by atoms with Crippen LogP contribution >= 0.6 is 0 Å². The second-order valence-electron chi connectivity index (χ2n) is 8.15. The fourth-order valence-electron chi connectivity index (χ4n) is 3.82. The van der Waals surface area contributed by atoms with Crippen molar-refractivity contribution in [3.63, 3.8) is 0 Å². The van der Waals surface area contributed by atoms with Gasteiger partial charge in [0.15, 0.2) is 5.69 Å². The summed E-state index contributed by atoms with van der Waals surface area (Å²) in [6.07, 6.45) is 3.34. The quantitative estimate of drug-likeness (QED) is 0.373. The van der Waals surface area contributed by atoms with E-state index in [1.54, 1.807) is 24.5 Å². The highest BCUT2D eigenvalue weighted by molar-refractivity contribution is 5.93. The average Bonchev–Trinajstić information content (AvgIpc) is 3.33. The van der Waals surface area contributed by atoms with Crippen LogP contribution in [0.5, 0.6) is 5.88 Å². The highest BCUT2D eigenvalue weighted by atomic mass is 19.1. The number of carbonyl (C=O) groups excluding carboxylic acids is 2. The molecule has 2 amide bonds. The zero-order chi connectivity index (χ0) is 25.5. The van der Waals surface area contributed by atoms with E-state index in [-0.39, 0.29) is 29.6 Å². The van der Waals surface area contributed by atoms with Gasteiger partial charge >= 0.3 is 0 Å². The normalized spacial score (nSPS) is 11.5. The predicted octanol–water partition coefficient (Wildman–Crippen LogP) is 3.90. The summed E-state index contributed by atoms with van der Waals surface area (Å²) in [5, 5.41) is 10.1. The lowest BCUT2D eigenvalue weighted by Crippen LogP contribution is -2.34. The van der Waals surface area contributed by atoms with Crippen molar-refractivity contribution in [3.05, 3.63) is 107 Å². The van der Waals surface area contributed by atoms with Crippen molar-refractivity contribution in [2.24, 2.45) is 0 Å². The number of rotatable bonds is 9. The lowest BCUT2D eigenvalue weighted by atomic mass is 9.98. The number of nitrogens with zero attached hydrogens (tertiary/aromatic N) is 3. The molecule has 36 heavy (non-hydrogen) atoms. The third-order valence-corrected chi connectivity index (χ3v) is 5.70. The fraction of sp³-hybridized carbons (Fsp3) is 0.185. The molecule has 1 atom stereocenters. The van der Waals surface area contributed by atoms with Crippen molar-refractivity contribution < 1.29 is 18.7 Å². The van der Waals surface area contributed by atoms with E-state index in [9.17, 15) is 14.0 Å². The van der Waals surface area contributed by atoms with E-state index in [1.807, 2.05) is 43.3 Å². The molecule has 0 fully saturated rings. The number of carbonyl (C=O) groups is 2. The maximum Gasteiger partial charge on any atom is 0.272 e. The molecule has 0 spiro atoms. The van der Waals surface area contributed by atoms with Crippen molar-refractivity contribution in [2.45, 2.75) is 25.9 Å². The molecule has 2 aromatic heterocycles. The van der Waals surface area contributed by atoms with Crippen LogP contribution in [-0.4, -0.2) is 33.7 Å². The van der Waals surface area contributed by atoms with Gasteiger partial charge in [-0.1, -0.05) is 36.4 Å². The van der Waals surface area contributed by atoms with Crippen molar-refractivity contribution in [1.82, 2.24) is 25.4 Å². The first kappa shape index (κ1) is 24.6. The fourth-order valence-corrected chi connectivity index (χ4v) is 3.82. The van der Waals surface area contributed by atoms with Gasteiger partial charge < -0.3 is 15.4 Å². The Hall–Kier alpha value is -4.53. The second-order valence-corrected chi connectivity index (χ2v) is 8.15. The summed E-state index contributed by atoms with van der Waals surface area (Å²) >= 11 is 0. The van der Waals surface area contributed by atoms with Crippen LogP contribution in [0.3, 0.4) is 0 Å². The number of nitrogens with one attached hydrogen (secondary N) is 2. The number of hydrogen-bond acceptors (Lipinski definition) is 5. The molecule has 8 nitrogen and oxygen atoms in total. The third-order valence-electron chi connectivity index (χ3n) is 5.70. The molecule has 0 radical (unpaired) electrons. The molecule has 4 rings (SSSR count). The molecule has 0 saturated heterocycles. The maximum atomic E-state index is 14.4. The molecule has 2 heterocycles. The topological polar surface area (TPSA) is 98.1 Å². The zero-order valence-electron chi connectivity index (χ0n) is 19.9. The van der Waals surface area contributed by atoms with E-state index in [1.165, 1.54) is 30.0 Å². The molecule has 9 heteroatoms. The van der Waals surface area contributed by atoms with Gasteiger partial charge in [0.2, 0.25) is 11.8 Å². The molecule has 0 bridgehead atoms. The summed E-state index contributed by atoms with van der Waals surface area (Å²) < 4.78 is 20.9. The molecule has 0 saturated carbocycles. The smallest absolute Gasteiger partial charge is 0.272 e. The monoisotopic (exact) mass is 487 g/mol. The minimum atomic E-state index is -0.610. The van der Waals surface area contributed by atoms with E-state index < -0.39 is 17.8 Å². The Balaban J connectivity index is 1.55. The van der Waals surface area contributed by atoms with Gasteiger partial charge in [0.05, 0.1) is 19.6 Å². The minimum Gasteiger partial charge on any atom is -0.481 e. The number of amides is 2. The largest absolute Gasteiger partial charge is 0.481 e. The Morgan fingerprint density at radius 3 is 2.50 bits per heavy atom. The number of aryl methyl sites for hydroxylation is 1. The van der Waals surface area contributed by atoms with Gasteiger partial charge in [-0.25, -0.2) is 4.39 Å². The molecular weight excluding hydrogens is 461 g/mol. The van der Waals surface area contributed by atoms with E-state index in [0.29, 0.717) is 6.54 Å². The summed E-state index contributed by atoms with van der Waals surface area (Å²) in [6.45, 7) is 2.26. The lowest BCUT2D eigenvalue weighted by molar-refractivity contribution is -0.121. The van der Waals surface area contributed by atoms with Gasteiger partial charge in [-0.3, -0.25) is 14.6 Å². The van der Waals surface area contributed by atoms with Crippen LogP contribution in [0.25, 0.3) is 5.69 Å². The van der Waals surface area contributed by atoms with Crippen molar-refractivity contribution >= 4 is 11.8 Å². The highest BCUT2D eigenvalue weighted by Gasteiger charge is 2.24. The zero-order valence-corrected chi connectivity index (χ0v) is 19.9. The van der Waals surface area contributed by atoms with E-state index in [0.717, 1.165) is 16.7 Å². The van der Waals surface area contributed by atoms with Crippen LogP contribution < -0.4 is 15.4 Å². The summed E-state index contributed by atoms with van der Waals surface area (Å²) in [6, 6.07) is 18.1. The SMILES string of the molecule is COc1cc(C(=O)N[C@@H](CC(=O)NCc2ccncc2)c2ccccc2C)nn1-c1ccccc1F. The summed E-state index contributed by atoms with van der Waals surface area (Å²) in [4.78, 5) is 30.0. The minimum absolute atomic E-state index is 0.0207. The first-order valence-corrected chi connectivity index (χ1v) is 11.4. The molecule has 0 aliphatic rings. The number of hydrogen-bond donors (Lipinski definition) is 2. The van der Waals surface area contributed by atoms with Crippen molar-refractivity contribution in [3.8, 4) is 11.6 Å². The highest BCUT2D eigenvalue weighted by Crippen LogP contribution is 2.24. The van der Waals surface area contributed by atoms with Gasteiger partial charge in [0.25, 0.3) is 5.91 Å². The van der Waals surface area contributed by atoms with E-state index in [4.69, 9.17) is 4.74 Å². The summed E-state index contributed by atoms with van der Waals surface area (Å²) in [5.41, 5.74) is 2.84. The molecule has 2 N–H and O–H groups in total. The number of pyridine rings is 1. The van der Waals surface area contributed by atoms with Crippen LogP contribution in [0.2, 0.25) is 0 Å². The average molecular weight is 488 g/mol. The van der Waals surface area contributed by atoms with Crippen LogP contribution in [0, 0.1) is 12.7 Å². The standard InChI is InChI=1S/C27H26FN5O3/c1-18-7-3-4-8-20(18)22(15-25(34)30-17-19-11-13-29-14-12-19)31-27(35)23-16-26(36-2)33(32-23)24-10-6-5-9-21(24)28/h3-14,16,22H,15,17H2,1-2H3,(H,30,34)(H,31,35)/t22-/m0/s1. The summed E-state index contributed by atoms with van der Waals surface area (Å²) in [5.74, 6) is -1.05. The number of methoxy groups -OCH3 is 1. The predicted molar refractivity (Wildman–Crippen MR) is 132 cm³/mol. The maximum absolute atomic E-state index is 14.4. The number of aromatic nitrogens is 3. The number of halogens is 1. The van der Waals surface area contributed by atoms with Crippen LogP contribution in [-0.2, 0) is 11.3 Å². The van der Waals surface area contributed by atoms with Gasteiger partial charge in [-0.05, 0) is 47.9 Å². The Morgan fingerprint density at radius 1 is 1.06 bits per heavy atom. The Bertz CT molecular complexity index is 1360. The molecule has 2 aromatic carbocycles. The van der Waals surface area contributed by atoms with Gasteiger partial charge in [-0.15, -0.1) is 0 Å². The van der Waals surface area contributed by atoms with Crippen LogP contribution in [0.4, 0.5) is 4.39 Å². The molecule has 0 aliphatic heterocycles. The Morgan fingerprint density at radius 2 is 1.78 bits per heavy atom. The third kappa shape index (κ3) is 5.75. The molecule has 4 aromatic rings. The Labute approximate surface area is 208 Å². The van der Waals surface area contributed by atoms with E-state index in [2.05, 4.69) is 20.7 Å². The van der Waals surface area contributed by atoms with Gasteiger partial charge in [0.1, 0.15) is 11.5 Å². The first-order chi connectivity index (χ1) is 17.5. The van der Waals surface area contributed by atoms with Gasteiger partial charge in [-0.2, -0.15) is 9.78 Å². The van der Waals surface area contributed by atoms with Crippen molar-refractivity contribution in [2.75, 3.05) is 7.11 Å². The van der Waals surface area contributed by atoms with Crippen LogP contribution in [0.1, 0.15) is 39.6 Å². The summed E-state index contributed by atoms with van der Waals surface area (Å²) in [7, 11) is 1.42. The van der Waals surface area contributed by atoms with E-state index >= 15 is 0 Å². The Kier molecular flexibility index (Phi) is 7.69. The second kappa shape index (κ2) is 11.3. The number of ether oxygens (including phenoxy) is 1. The number of benzene rings is 2. The van der Waals surface area contributed by atoms with Crippen LogP contribution in [0.15, 0.2) is 79.1 Å².